The predicted octanol–water partition coefficient (Wildman–Crippen LogP) is 4.45. The summed E-state index contributed by atoms with van der Waals surface area (Å²) in [6.07, 6.45) is 3.49. The molecule has 0 saturated heterocycles. The molecule has 0 aliphatic carbocycles. The monoisotopic (exact) mass is 429 g/mol. The average molecular weight is 430 g/mol. The van der Waals surface area contributed by atoms with Crippen molar-refractivity contribution in [1.29, 1.82) is 0 Å². The van der Waals surface area contributed by atoms with Crippen LogP contribution in [0.4, 0.5) is 0 Å². The maximum absolute atomic E-state index is 13.1. The number of rotatable bonds is 8. The molecule has 0 atom stereocenters. The molecule has 0 unspecified atom stereocenters. The maximum atomic E-state index is 13.1. The van der Waals surface area contributed by atoms with Crippen LogP contribution in [0.3, 0.4) is 0 Å². The summed E-state index contributed by atoms with van der Waals surface area (Å²) in [5.74, 6) is -0.578. The van der Waals surface area contributed by atoms with E-state index in [2.05, 4.69) is 9.97 Å². The average Bonchev–Trinajstić information content (AvgIpc) is 3.22. The molecule has 29 heavy (non-hydrogen) atoms. The second-order valence-corrected chi connectivity index (χ2v) is 7.48. The van der Waals surface area contributed by atoms with Gasteiger partial charge in [0.15, 0.2) is 0 Å². The fourth-order valence-electron chi connectivity index (χ4n) is 2.68. The van der Waals surface area contributed by atoms with Gasteiger partial charge in [0.2, 0.25) is 0 Å². The first-order valence-electron chi connectivity index (χ1n) is 9.12. The molecule has 0 radical (unpaired) electrons. The molecule has 1 aromatic carbocycles. The standard InChI is InChI=1S/C21H20ClN3O3S/c1-2-28-19(26)9-11-25(13-15-4-3-10-23-12-15)21(27)18-14-29-20(24-18)16-5-7-17(22)8-6-16/h3-8,10,12,14H,2,9,11,13H2,1H3. The highest BCUT2D eigenvalue weighted by Gasteiger charge is 2.21. The van der Waals surface area contributed by atoms with Crippen LogP contribution in [0.25, 0.3) is 10.6 Å². The minimum atomic E-state index is -0.336. The van der Waals surface area contributed by atoms with Gasteiger partial charge in [0.25, 0.3) is 5.91 Å². The number of thiazole rings is 1. The van der Waals surface area contributed by atoms with E-state index in [0.717, 1.165) is 16.1 Å². The lowest BCUT2D eigenvalue weighted by Crippen LogP contribution is -2.33. The Morgan fingerprint density at radius 1 is 1.21 bits per heavy atom. The van der Waals surface area contributed by atoms with Crippen molar-refractivity contribution in [3.8, 4) is 10.6 Å². The Morgan fingerprint density at radius 2 is 2.00 bits per heavy atom. The van der Waals surface area contributed by atoms with Crippen LogP contribution in [-0.4, -0.2) is 39.9 Å². The predicted molar refractivity (Wildman–Crippen MR) is 113 cm³/mol. The number of aromatic nitrogens is 2. The Kier molecular flexibility index (Phi) is 7.32. The molecule has 150 valence electrons. The highest BCUT2D eigenvalue weighted by molar-refractivity contribution is 7.13. The van der Waals surface area contributed by atoms with E-state index in [1.165, 1.54) is 11.3 Å². The lowest BCUT2D eigenvalue weighted by molar-refractivity contribution is -0.143. The minimum Gasteiger partial charge on any atom is -0.466 e. The number of esters is 1. The van der Waals surface area contributed by atoms with Crippen LogP contribution < -0.4 is 0 Å². The first kappa shape index (κ1) is 21.0. The summed E-state index contributed by atoms with van der Waals surface area (Å²) in [4.78, 5) is 35.0. The molecule has 3 rings (SSSR count). The number of benzene rings is 1. The topological polar surface area (TPSA) is 72.4 Å². The summed E-state index contributed by atoms with van der Waals surface area (Å²) in [5, 5.41) is 3.10. The number of pyridine rings is 1. The molecular weight excluding hydrogens is 410 g/mol. The third-order valence-electron chi connectivity index (χ3n) is 4.09. The molecule has 0 spiro atoms. The summed E-state index contributed by atoms with van der Waals surface area (Å²) in [7, 11) is 0. The quantitative estimate of drug-likeness (QED) is 0.494. The van der Waals surface area contributed by atoms with Gasteiger partial charge in [-0.1, -0.05) is 29.8 Å². The molecule has 0 fully saturated rings. The van der Waals surface area contributed by atoms with Crippen molar-refractivity contribution in [3.63, 3.8) is 0 Å². The lowest BCUT2D eigenvalue weighted by Gasteiger charge is -2.21. The largest absolute Gasteiger partial charge is 0.466 e. The van der Waals surface area contributed by atoms with Gasteiger partial charge in [-0.05, 0) is 30.7 Å². The first-order valence-corrected chi connectivity index (χ1v) is 10.4. The summed E-state index contributed by atoms with van der Waals surface area (Å²) >= 11 is 7.32. The number of carbonyl (C=O) groups is 2. The Labute approximate surface area is 178 Å². The Bertz CT molecular complexity index is 961. The van der Waals surface area contributed by atoms with Crippen molar-refractivity contribution in [1.82, 2.24) is 14.9 Å². The van der Waals surface area contributed by atoms with Crippen molar-refractivity contribution in [2.24, 2.45) is 0 Å². The third kappa shape index (κ3) is 5.85. The van der Waals surface area contributed by atoms with Crippen LogP contribution in [-0.2, 0) is 16.1 Å². The van der Waals surface area contributed by atoms with E-state index in [4.69, 9.17) is 16.3 Å². The van der Waals surface area contributed by atoms with E-state index in [9.17, 15) is 9.59 Å². The summed E-state index contributed by atoms with van der Waals surface area (Å²) in [6, 6.07) is 11.0. The van der Waals surface area contributed by atoms with Gasteiger partial charge < -0.3 is 9.64 Å². The van der Waals surface area contributed by atoms with Crippen molar-refractivity contribution >= 4 is 34.8 Å². The second-order valence-electron chi connectivity index (χ2n) is 6.19. The van der Waals surface area contributed by atoms with Crippen LogP contribution in [0.2, 0.25) is 5.02 Å². The molecule has 2 heterocycles. The van der Waals surface area contributed by atoms with Gasteiger partial charge in [-0.25, -0.2) is 4.98 Å². The van der Waals surface area contributed by atoms with Crippen LogP contribution in [0, 0.1) is 0 Å². The van der Waals surface area contributed by atoms with E-state index in [1.54, 1.807) is 41.7 Å². The van der Waals surface area contributed by atoms with Crippen LogP contribution in [0.5, 0.6) is 0 Å². The van der Waals surface area contributed by atoms with E-state index in [0.29, 0.717) is 23.9 Å². The smallest absolute Gasteiger partial charge is 0.307 e. The van der Waals surface area contributed by atoms with Gasteiger partial charge in [-0.15, -0.1) is 11.3 Å². The van der Waals surface area contributed by atoms with Crippen molar-refractivity contribution in [3.05, 3.63) is 70.5 Å². The summed E-state index contributed by atoms with van der Waals surface area (Å²) < 4.78 is 4.99. The summed E-state index contributed by atoms with van der Waals surface area (Å²) in [5.41, 5.74) is 2.11. The highest BCUT2D eigenvalue weighted by Crippen LogP contribution is 2.26. The number of halogens is 1. The minimum absolute atomic E-state index is 0.119. The normalized spacial score (nSPS) is 10.6. The van der Waals surface area contributed by atoms with E-state index < -0.39 is 0 Å². The molecule has 3 aromatic rings. The zero-order chi connectivity index (χ0) is 20.6. The van der Waals surface area contributed by atoms with Gasteiger partial charge in [0.05, 0.1) is 13.0 Å². The Balaban J connectivity index is 1.77. The zero-order valence-corrected chi connectivity index (χ0v) is 17.4. The highest BCUT2D eigenvalue weighted by atomic mass is 35.5. The Morgan fingerprint density at radius 3 is 2.69 bits per heavy atom. The molecular formula is C21H20ClN3O3S. The molecule has 0 aliphatic heterocycles. The van der Waals surface area contributed by atoms with E-state index in [-0.39, 0.29) is 24.8 Å². The zero-order valence-electron chi connectivity index (χ0n) is 15.9. The number of hydrogen-bond donors (Lipinski definition) is 0. The number of amides is 1. The van der Waals surface area contributed by atoms with Crippen LogP contribution in [0.1, 0.15) is 29.4 Å². The van der Waals surface area contributed by atoms with Gasteiger partial charge in [-0.3, -0.25) is 14.6 Å². The summed E-state index contributed by atoms with van der Waals surface area (Å²) in [6.45, 7) is 2.64. The molecule has 6 nitrogen and oxygen atoms in total. The number of hydrogen-bond acceptors (Lipinski definition) is 6. The Hall–Kier alpha value is -2.77. The van der Waals surface area contributed by atoms with Crippen LogP contribution >= 0.6 is 22.9 Å². The van der Waals surface area contributed by atoms with Gasteiger partial charge in [-0.2, -0.15) is 0 Å². The number of ether oxygens (including phenoxy) is 1. The lowest BCUT2D eigenvalue weighted by atomic mass is 10.2. The molecule has 0 saturated carbocycles. The molecule has 0 bridgehead atoms. The maximum Gasteiger partial charge on any atom is 0.307 e. The van der Waals surface area contributed by atoms with Crippen molar-refractivity contribution < 1.29 is 14.3 Å². The van der Waals surface area contributed by atoms with Crippen LogP contribution in [0.15, 0.2) is 54.2 Å². The second kappa shape index (κ2) is 10.1. The molecule has 0 aliphatic rings. The molecule has 1 amide bonds. The van der Waals surface area contributed by atoms with Crippen molar-refractivity contribution in [2.75, 3.05) is 13.2 Å². The van der Waals surface area contributed by atoms with Gasteiger partial charge in [0.1, 0.15) is 10.7 Å². The number of carbonyl (C=O) groups excluding carboxylic acids is 2. The molecule has 0 N–H and O–H groups in total. The third-order valence-corrected chi connectivity index (χ3v) is 5.23. The molecule has 2 aromatic heterocycles. The van der Waals surface area contributed by atoms with Gasteiger partial charge >= 0.3 is 5.97 Å². The van der Waals surface area contributed by atoms with Gasteiger partial charge in [0, 0.05) is 41.4 Å². The SMILES string of the molecule is CCOC(=O)CCN(Cc1cccnc1)C(=O)c1csc(-c2ccc(Cl)cc2)n1. The fraction of sp³-hybridized carbons (Fsp3) is 0.238. The van der Waals surface area contributed by atoms with E-state index in [1.807, 2.05) is 24.3 Å². The number of nitrogens with zero attached hydrogens (tertiary/aromatic N) is 3. The molecule has 8 heteroatoms. The van der Waals surface area contributed by atoms with E-state index >= 15 is 0 Å². The first-order chi connectivity index (χ1) is 14.1. The van der Waals surface area contributed by atoms with Crippen molar-refractivity contribution in [2.45, 2.75) is 19.9 Å². The fourth-order valence-corrected chi connectivity index (χ4v) is 3.61.